The smallest absolute Gasteiger partial charge is 0.257 e. The summed E-state index contributed by atoms with van der Waals surface area (Å²) in [6, 6.07) is -0.0440. The Morgan fingerprint density at radius 2 is 2.37 bits per heavy atom. The van der Waals surface area contributed by atoms with Crippen LogP contribution in [0.15, 0.2) is 9.95 Å². The molecule has 0 bridgehead atoms. The van der Waals surface area contributed by atoms with E-state index in [0.29, 0.717) is 13.0 Å². The number of amides is 1. The summed E-state index contributed by atoms with van der Waals surface area (Å²) in [6.07, 6.45) is 3.14. The van der Waals surface area contributed by atoms with Crippen LogP contribution in [0.5, 0.6) is 0 Å². The van der Waals surface area contributed by atoms with Gasteiger partial charge < -0.3 is 5.32 Å². The fourth-order valence-electron chi connectivity index (χ4n) is 2.79. The second kappa shape index (κ2) is 5.00. The van der Waals surface area contributed by atoms with E-state index in [0.717, 1.165) is 41.4 Å². The molecule has 0 saturated carbocycles. The molecule has 102 valence electrons. The molecule has 1 atom stereocenters. The Labute approximate surface area is 115 Å². The van der Waals surface area contributed by atoms with Crippen LogP contribution in [0.3, 0.4) is 0 Å². The second-order valence-electron chi connectivity index (χ2n) is 4.97. The summed E-state index contributed by atoms with van der Waals surface area (Å²) in [5.74, 6) is 0.774. The van der Waals surface area contributed by atoms with Gasteiger partial charge in [0.2, 0.25) is 5.91 Å². The lowest BCUT2D eigenvalue weighted by Crippen LogP contribution is -2.32. The summed E-state index contributed by atoms with van der Waals surface area (Å²) in [6.45, 7) is 2.53. The SMILES string of the molecule is CCNC(=O)CC1CSc2nc3c(c(=O)n21)CCC3. The molecule has 2 heterocycles. The first kappa shape index (κ1) is 12.7. The predicted molar refractivity (Wildman–Crippen MR) is 73.6 cm³/mol. The minimum Gasteiger partial charge on any atom is -0.356 e. The van der Waals surface area contributed by atoms with Gasteiger partial charge in [-0.05, 0) is 26.2 Å². The number of carbonyl (C=O) groups is 1. The molecule has 19 heavy (non-hydrogen) atoms. The lowest BCUT2D eigenvalue weighted by atomic mass is 10.2. The third kappa shape index (κ3) is 2.18. The van der Waals surface area contributed by atoms with Gasteiger partial charge in [0.05, 0.1) is 11.7 Å². The van der Waals surface area contributed by atoms with Crippen molar-refractivity contribution in [3.8, 4) is 0 Å². The average Bonchev–Trinajstić information content (AvgIpc) is 2.97. The highest BCUT2D eigenvalue weighted by Gasteiger charge is 2.30. The van der Waals surface area contributed by atoms with Crippen LogP contribution in [-0.4, -0.2) is 27.8 Å². The number of rotatable bonds is 3. The van der Waals surface area contributed by atoms with Gasteiger partial charge in [0.25, 0.3) is 5.56 Å². The number of hydrogen-bond acceptors (Lipinski definition) is 4. The summed E-state index contributed by atoms with van der Waals surface area (Å²) in [5, 5.41) is 3.58. The molecule has 1 aliphatic carbocycles. The molecule has 1 aromatic rings. The predicted octanol–water partition coefficient (Wildman–Crippen LogP) is 0.905. The summed E-state index contributed by atoms with van der Waals surface area (Å²) in [7, 11) is 0. The quantitative estimate of drug-likeness (QED) is 0.835. The first-order valence-corrected chi connectivity index (χ1v) is 7.73. The normalized spacial score (nSPS) is 20.2. The maximum atomic E-state index is 12.5. The molecule has 1 aliphatic heterocycles. The van der Waals surface area contributed by atoms with Crippen LogP contribution in [0.25, 0.3) is 0 Å². The Bertz CT molecular complexity index is 582. The molecule has 1 N–H and O–H groups in total. The topological polar surface area (TPSA) is 64.0 Å². The molecule has 3 rings (SSSR count). The summed E-state index contributed by atoms with van der Waals surface area (Å²) >= 11 is 1.59. The number of aryl methyl sites for hydroxylation is 1. The van der Waals surface area contributed by atoms with E-state index in [1.807, 2.05) is 6.92 Å². The van der Waals surface area contributed by atoms with Crippen molar-refractivity contribution in [2.24, 2.45) is 0 Å². The minimum atomic E-state index is -0.0440. The van der Waals surface area contributed by atoms with E-state index in [1.165, 1.54) is 0 Å². The van der Waals surface area contributed by atoms with Gasteiger partial charge >= 0.3 is 0 Å². The van der Waals surface area contributed by atoms with Crippen molar-refractivity contribution in [1.29, 1.82) is 0 Å². The number of nitrogens with one attached hydrogen (secondary N) is 1. The first-order chi connectivity index (χ1) is 9.20. The van der Waals surface area contributed by atoms with Crippen molar-refractivity contribution in [3.05, 3.63) is 21.6 Å². The van der Waals surface area contributed by atoms with Gasteiger partial charge in [-0.2, -0.15) is 0 Å². The Hall–Kier alpha value is -1.30. The number of thioether (sulfide) groups is 1. The highest BCUT2D eigenvalue weighted by molar-refractivity contribution is 7.99. The van der Waals surface area contributed by atoms with Crippen molar-refractivity contribution in [1.82, 2.24) is 14.9 Å². The lowest BCUT2D eigenvalue weighted by Gasteiger charge is -2.13. The van der Waals surface area contributed by atoms with Crippen molar-refractivity contribution in [3.63, 3.8) is 0 Å². The highest BCUT2D eigenvalue weighted by atomic mass is 32.2. The van der Waals surface area contributed by atoms with Crippen molar-refractivity contribution in [2.45, 2.75) is 43.8 Å². The third-order valence-corrected chi connectivity index (χ3v) is 4.76. The maximum Gasteiger partial charge on any atom is 0.257 e. The molecular formula is C13H17N3O2S. The summed E-state index contributed by atoms with van der Waals surface area (Å²) in [5.41, 5.74) is 1.92. The summed E-state index contributed by atoms with van der Waals surface area (Å²) < 4.78 is 1.74. The van der Waals surface area contributed by atoms with E-state index < -0.39 is 0 Å². The molecule has 0 saturated heterocycles. The van der Waals surface area contributed by atoms with Crippen molar-refractivity contribution < 1.29 is 4.79 Å². The van der Waals surface area contributed by atoms with Gasteiger partial charge in [0.1, 0.15) is 0 Å². The number of nitrogens with zero attached hydrogens (tertiary/aromatic N) is 2. The van der Waals surface area contributed by atoms with E-state index in [4.69, 9.17) is 0 Å². The van der Waals surface area contributed by atoms with E-state index >= 15 is 0 Å². The van der Waals surface area contributed by atoms with Gasteiger partial charge in [-0.1, -0.05) is 11.8 Å². The van der Waals surface area contributed by atoms with Gasteiger partial charge in [-0.3, -0.25) is 14.2 Å². The van der Waals surface area contributed by atoms with E-state index in [9.17, 15) is 9.59 Å². The standard InChI is InChI=1S/C13H17N3O2S/c1-2-14-11(17)6-8-7-19-13-15-10-5-3-4-9(10)12(18)16(8)13/h8H,2-7H2,1H3,(H,14,17). The molecular weight excluding hydrogens is 262 g/mol. The average molecular weight is 279 g/mol. The molecule has 1 amide bonds. The van der Waals surface area contributed by atoms with Gasteiger partial charge in [-0.15, -0.1) is 0 Å². The number of aromatic nitrogens is 2. The fourth-order valence-corrected chi connectivity index (χ4v) is 3.94. The molecule has 5 nitrogen and oxygen atoms in total. The number of carbonyl (C=O) groups excluding carboxylic acids is 1. The molecule has 0 aromatic carbocycles. The highest BCUT2D eigenvalue weighted by Crippen LogP contribution is 2.33. The van der Waals surface area contributed by atoms with Gasteiger partial charge in [-0.25, -0.2) is 4.98 Å². The van der Waals surface area contributed by atoms with E-state index in [1.54, 1.807) is 16.3 Å². The van der Waals surface area contributed by atoms with E-state index in [2.05, 4.69) is 10.3 Å². The van der Waals surface area contributed by atoms with Crippen LogP contribution < -0.4 is 10.9 Å². The largest absolute Gasteiger partial charge is 0.356 e. The van der Waals surface area contributed by atoms with Crippen molar-refractivity contribution in [2.75, 3.05) is 12.3 Å². The second-order valence-corrected chi connectivity index (χ2v) is 5.96. The van der Waals surface area contributed by atoms with Crippen LogP contribution in [0, 0.1) is 0 Å². The first-order valence-electron chi connectivity index (χ1n) is 6.74. The Balaban J connectivity index is 1.92. The third-order valence-electron chi connectivity index (χ3n) is 3.67. The lowest BCUT2D eigenvalue weighted by molar-refractivity contribution is -0.121. The summed E-state index contributed by atoms with van der Waals surface area (Å²) in [4.78, 5) is 28.8. The molecule has 1 aromatic heterocycles. The Morgan fingerprint density at radius 3 is 3.16 bits per heavy atom. The van der Waals surface area contributed by atoms with Gasteiger partial charge in [0, 0.05) is 24.3 Å². The van der Waals surface area contributed by atoms with Crippen LogP contribution in [0.2, 0.25) is 0 Å². The molecule has 2 aliphatic rings. The van der Waals surface area contributed by atoms with Crippen LogP contribution >= 0.6 is 11.8 Å². The zero-order valence-electron chi connectivity index (χ0n) is 10.9. The maximum absolute atomic E-state index is 12.5. The number of fused-ring (bicyclic) bond motifs is 2. The fraction of sp³-hybridized carbons (Fsp3) is 0.615. The Kier molecular flexibility index (Phi) is 3.35. The molecule has 0 fully saturated rings. The molecule has 0 spiro atoms. The molecule has 6 heteroatoms. The van der Waals surface area contributed by atoms with Crippen LogP contribution in [-0.2, 0) is 17.6 Å². The zero-order chi connectivity index (χ0) is 13.4. The zero-order valence-corrected chi connectivity index (χ0v) is 11.8. The Morgan fingerprint density at radius 1 is 1.53 bits per heavy atom. The molecule has 1 unspecified atom stereocenters. The monoisotopic (exact) mass is 279 g/mol. The number of hydrogen-bond donors (Lipinski definition) is 1. The van der Waals surface area contributed by atoms with Crippen LogP contribution in [0.4, 0.5) is 0 Å². The van der Waals surface area contributed by atoms with Gasteiger partial charge in [0.15, 0.2) is 5.16 Å². The van der Waals surface area contributed by atoms with Crippen LogP contribution in [0.1, 0.15) is 37.1 Å². The molecule has 0 radical (unpaired) electrons. The van der Waals surface area contributed by atoms with Crippen molar-refractivity contribution >= 4 is 17.7 Å². The minimum absolute atomic E-state index is 0.00773. The van der Waals surface area contributed by atoms with E-state index in [-0.39, 0.29) is 17.5 Å².